The van der Waals surface area contributed by atoms with Crippen LogP contribution in [0.5, 0.6) is 11.5 Å². The maximum atomic E-state index is 12.1. The Morgan fingerprint density at radius 2 is 1.72 bits per heavy atom. The normalized spacial score (nSPS) is 9.24. The van der Waals surface area contributed by atoms with Crippen molar-refractivity contribution in [2.45, 2.75) is 0 Å². The molecule has 0 atom stereocenters. The van der Waals surface area contributed by atoms with E-state index in [0.717, 1.165) is 0 Å². The highest BCUT2D eigenvalue weighted by molar-refractivity contribution is 5.93. The van der Waals surface area contributed by atoms with Gasteiger partial charge in [-0.1, -0.05) is 30.3 Å². The van der Waals surface area contributed by atoms with Gasteiger partial charge in [-0.05, 0) is 24.3 Å². The van der Waals surface area contributed by atoms with Crippen LogP contribution in [0.1, 0.15) is 5.56 Å². The number of hydrogen-bond acceptors (Lipinski definition) is 5. The van der Waals surface area contributed by atoms with E-state index in [0.29, 0.717) is 22.7 Å². The molecule has 0 saturated heterocycles. The predicted octanol–water partition coefficient (Wildman–Crippen LogP) is 3.14. The first kappa shape index (κ1) is 17.6. The third-order valence-corrected chi connectivity index (χ3v) is 3.20. The molecule has 124 valence electrons. The predicted molar refractivity (Wildman–Crippen MR) is 92.8 cm³/mol. The van der Waals surface area contributed by atoms with E-state index in [9.17, 15) is 4.79 Å². The molecule has 0 aliphatic carbocycles. The van der Waals surface area contributed by atoms with Gasteiger partial charge in [-0.15, -0.1) is 0 Å². The highest BCUT2D eigenvalue weighted by Gasteiger charge is 2.09. The first-order valence-electron chi connectivity index (χ1n) is 7.34. The SMILES string of the molecule is COc1ccccc1NC(=O)COc1ccccc1C=C(C#N)C#N. The standard InChI is InChI=1S/C19H15N3O3/c1-24-18-9-5-3-7-16(18)22-19(23)13-25-17-8-4-2-6-15(17)10-14(11-20)12-21/h2-10H,13H2,1H3,(H,22,23). The third-order valence-electron chi connectivity index (χ3n) is 3.20. The molecule has 0 fully saturated rings. The molecule has 0 radical (unpaired) electrons. The quantitative estimate of drug-likeness (QED) is 0.819. The Morgan fingerprint density at radius 1 is 1.08 bits per heavy atom. The largest absolute Gasteiger partial charge is 0.495 e. The Morgan fingerprint density at radius 3 is 2.40 bits per heavy atom. The van der Waals surface area contributed by atoms with E-state index < -0.39 is 0 Å². The van der Waals surface area contributed by atoms with Gasteiger partial charge in [-0.2, -0.15) is 10.5 Å². The molecule has 0 spiro atoms. The minimum atomic E-state index is -0.357. The lowest BCUT2D eigenvalue weighted by molar-refractivity contribution is -0.118. The van der Waals surface area contributed by atoms with E-state index in [-0.39, 0.29) is 18.1 Å². The summed E-state index contributed by atoms with van der Waals surface area (Å²) in [4.78, 5) is 12.1. The van der Waals surface area contributed by atoms with Crippen LogP contribution >= 0.6 is 0 Å². The molecule has 0 unspecified atom stereocenters. The van der Waals surface area contributed by atoms with Crippen LogP contribution in [0.15, 0.2) is 54.1 Å². The minimum absolute atomic E-state index is 0.0467. The minimum Gasteiger partial charge on any atom is -0.495 e. The number of nitrogens with one attached hydrogen (secondary N) is 1. The Labute approximate surface area is 145 Å². The van der Waals surface area contributed by atoms with E-state index in [1.807, 2.05) is 0 Å². The Bertz CT molecular complexity index is 860. The molecule has 6 nitrogen and oxygen atoms in total. The van der Waals surface area contributed by atoms with Gasteiger partial charge < -0.3 is 14.8 Å². The summed E-state index contributed by atoms with van der Waals surface area (Å²) in [5.41, 5.74) is 1.04. The average Bonchev–Trinajstić information content (AvgIpc) is 2.65. The number of hydrogen-bond donors (Lipinski definition) is 1. The van der Waals surface area contributed by atoms with Crippen LogP contribution in [0, 0.1) is 22.7 Å². The van der Waals surface area contributed by atoms with Crippen molar-refractivity contribution in [3.63, 3.8) is 0 Å². The molecule has 0 heterocycles. The Kier molecular flexibility index (Phi) is 6.16. The summed E-state index contributed by atoms with van der Waals surface area (Å²) in [5.74, 6) is 0.594. The number of ether oxygens (including phenoxy) is 2. The summed E-state index contributed by atoms with van der Waals surface area (Å²) in [6, 6.07) is 17.5. The zero-order chi connectivity index (χ0) is 18.1. The van der Waals surface area contributed by atoms with Crippen LogP contribution in [-0.2, 0) is 4.79 Å². The fourth-order valence-electron chi connectivity index (χ4n) is 2.05. The highest BCUT2D eigenvalue weighted by Crippen LogP contribution is 2.23. The molecule has 25 heavy (non-hydrogen) atoms. The average molecular weight is 333 g/mol. The van der Waals surface area contributed by atoms with Crippen LogP contribution in [0.4, 0.5) is 5.69 Å². The number of allylic oxidation sites excluding steroid dienone is 1. The summed E-state index contributed by atoms with van der Waals surface area (Å²) < 4.78 is 10.7. The summed E-state index contributed by atoms with van der Waals surface area (Å²) in [7, 11) is 1.52. The van der Waals surface area contributed by atoms with E-state index in [4.69, 9.17) is 20.0 Å². The number of carbonyl (C=O) groups is 1. The van der Waals surface area contributed by atoms with Crippen molar-refractivity contribution in [2.75, 3.05) is 19.0 Å². The summed E-state index contributed by atoms with van der Waals surface area (Å²) in [6.07, 6.45) is 1.41. The maximum Gasteiger partial charge on any atom is 0.262 e. The number of carbonyl (C=O) groups excluding carboxylic acids is 1. The van der Waals surface area contributed by atoms with Crippen LogP contribution < -0.4 is 14.8 Å². The second kappa shape index (κ2) is 8.76. The van der Waals surface area contributed by atoms with Crippen molar-refractivity contribution >= 4 is 17.7 Å². The van der Waals surface area contributed by atoms with Crippen LogP contribution in [-0.4, -0.2) is 19.6 Å². The highest BCUT2D eigenvalue weighted by atomic mass is 16.5. The third kappa shape index (κ3) is 4.85. The van der Waals surface area contributed by atoms with Crippen LogP contribution in [0.3, 0.4) is 0 Å². The Hall–Kier alpha value is -3.77. The molecule has 1 amide bonds. The van der Waals surface area contributed by atoms with Gasteiger partial charge in [0, 0.05) is 5.56 Å². The number of amides is 1. The first-order valence-corrected chi connectivity index (χ1v) is 7.34. The summed E-state index contributed by atoms with van der Waals surface area (Å²) >= 11 is 0. The van der Waals surface area contributed by atoms with E-state index in [1.165, 1.54) is 13.2 Å². The van der Waals surface area contributed by atoms with Crippen molar-refractivity contribution in [1.82, 2.24) is 0 Å². The number of methoxy groups -OCH3 is 1. The smallest absolute Gasteiger partial charge is 0.262 e. The molecular weight excluding hydrogens is 318 g/mol. The van der Waals surface area contributed by atoms with Gasteiger partial charge in [-0.3, -0.25) is 4.79 Å². The number of nitriles is 2. The second-order valence-corrected chi connectivity index (χ2v) is 4.86. The topological polar surface area (TPSA) is 95.1 Å². The molecule has 2 aromatic rings. The molecule has 1 N–H and O–H groups in total. The molecule has 2 aromatic carbocycles. The molecule has 0 aliphatic heterocycles. The summed E-state index contributed by atoms with van der Waals surface area (Å²) in [6.45, 7) is -0.225. The lowest BCUT2D eigenvalue weighted by Crippen LogP contribution is -2.20. The molecule has 0 aromatic heterocycles. The van der Waals surface area contributed by atoms with Gasteiger partial charge in [-0.25, -0.2) is 0 Å². The lowest BCUT2D eigenvalue weighted by atomic mass is 10.1. The zero-order valence-corrected chi connectivity index (χ0v) is 13.5. The van der Waals surface area contributed by atoms with Gasteiger partial charge in [0.1, 0.15) is 29.2 Å². The van der Waals surface area contributed by atoms with E-state index in [2.05, 4.69) is 5.32 Å². The van der Waals surface area contributed by atoms with Crippen molar-refractivity contribution in [3.8, 4) is 23.6 Å². The van der Waals surface area contributed by atoms with Crippen molar-refractivity contribution in [2.24, 2.45) is 0 Å². The van der Waals surface area contributed by atoms with E-state index in [1.54, 1.807) is 60.7 Å². The van der Waals surface area contributed by atoms with Crippen molar-refractivity contribution < 1.29 is 14.3 Å². The van der Waals surface area contributed by atoms with Gasteiger partial charge >= 0.3 is 0 Å². The molecule has 6 heteroatoms. The lowest BCUT2D eigenvalue weighted by Gasteiger charge is -2.11. The van der Waals surface area contributed by atoms with Gasteiger partial charge in [0.25, 0.3) is 5.91 Å². The fourth-order valence-corrected chi connectivity index (χ4v) is 2.05. The number of rotatable bonds is 6. The molecular formula is C19H15N3O3. The number of benzene rings is 2. The van der Waals surface area contributed by atoms with Gasteiger partial charge in [0.05, 0.1) is 12.8 Å². The monoisotopic (exact) mass is 333 g/mol. The van der Waals surface area contributed by atoms with Crippen LogP contribution in [0.25, 0.3) is 6.08 Å². The number of anilines is 1. The number of nitrogens with zero attached hydrogens (tertiary/aromatic N) is 2. The Balaban J connectivity index is 2.07. The van der Waals surface area contributed by atoms with Crippen molar-refractivity contribution in [3.05, 3.63) is 59.7 Å². The van der Waals surface area contributed by atoms with Crippen LogP contribution in [0.2, 0.25) is 0 Å². The number of para-hydroxylation sites is 3. The van der Waals surface area contributed by atoms with E-state index >= 15 is 0 Å². The van der Waals surface area contributed by atoms with Crippen molar-refractivity contribution in [1.29, 1.82) is 10.5 Å². The molecule has 0 saturated carbocycles. The summed E-state index contributed by atoms with van der Waals surface area (Å²) in [5, 5.41) is 20.4. The fraction of sp³-hybridized carbons (Fsp3) is 0.105. The molecule has 0 aliphatic rings. The zero-order valence-electron chi connectivity index (χ0n) is 13.5. The van der Waals surface area contributed by atoms with Gasteiger partial charge in [0.15, 0.2) is 6.61 Å². The molecule has 2 rings (SSSR count). The second-order valence-electron chi connectivity index (χ2n) is 4.86. The molecule has 0 bridgehead atoms. The maximum absolute atomic E-state index is 12.1. The van der Waals surface area contributed by atoms with Gasteiger partial charge in [0.2, 0.25) is 0 Å². The first-order chi connectivity index (χ1) is 12.2.